The number of likely N-dealkylation sites (tertiary alicyclic amines) is 1. The highest BCUT2D eigenvalue weighted by Crippen LogP contribution is 2.38. The molecule has 5 heteroatoms. The van der Waals surface area contributed by atoms with Crippen molar-refractivity contribution < 1.29 is 9.47 Å². The van der Waals surface area contributed by atoms with Gasteiger partial charge in [0, 0.05) is 13.1 Å². The maximum absolute atomic E-state index is 6.25. The summed E-state index contributed by atoms with van der Waals surface area (Å²) in [6.07, 6.45) is 2.62. The number of hydrogen-bond donors (Lipinski definition) is 1. The van der Waals surface area contributed by atoms with E-state index >= 15 is 0 Å². The van der Waals surface area contributed by atoms with Gasteiger partial charge in [0.25, 0.3) is 0 Å². The minimum atomic E-state index is 0.569. The van der Waals surface area contributed by atoms with E-state index in [1.807, 2.05) is 12.1 Å². The van der Waals surface area contributed by atoms with Crippen molar-refractivity contribution in [2.75, 3.05) is 39.9 Å². The molecule has 0 aromatic heterocycles. The number of nitrogens with one attached hydrogen (secondary N) is 1. The van der Waals surface area contributed by atoms with Crippen LogP contribution in [0, 0.1) is 5.92 Å². The van der Waals surface area contributed by atoms with Crippen LogP contribution in [-0.2, 0) is 6.54 Å². The van der Waals surface area contributed by atoms with Gasteiger partial charge in [-0.25, -0.2) is 0 Å². The molecular weight excluding hydrogens is 288 g/mol. The van der Waals surface area contributed by atoms with Crippen LogP contribution in [0.2, 0.25) is 5.02 Å². The lowest BCUT2D eigenvalue weighted by molar-refractivity contribution is 0.171. The van der Waals surface area contributed by atoms with E-state index < -0.39 is 0 Å². The van der Waals surface area contributed by atoms with E-state index in [0.29, 0.717) is 24.0 Å². The molecule has 0 amide bonds. The maximum atomic E-state index is 6.25. The molecule has 0 spiro atoms. The van der Waals surface area contributed by atoms with E-state index in [9.17, 15) is 0 Å². The molecule has 1 fully saturated rings. The van der Waals surface area contributed by atoms with E-state index in [0.717, 1.165) is 30.3 Å². The molecule has 1 aromatic rings. The number of halogens is 1. The van der Waals surface area contributed by atoms with E-state index in [-0.39, 0.29) is 0 Å². The van der Waals surface area contributed by atoms with E-state index in [1.165, 1.54) is 25.9 Å². The first kappa shape index (κ1) is 14.9. The Labute approximate surface area is 131 Å². The van der Waals surface area contributed by atoms with Crippen LogP contribution in [0.1, 0.15) is 18.4 Å². The van der Waals surface area contributed by atoms with Crippen molar-refractivity contribution in [2.24, 2.45) is 5.92 Å². The zero-order chi connectivity index (χ0) is 14.7. The number of nitrogens with zero attached hydrogens (tertiary/aromatic N) is 1. The predicted octanol–water partition coefficient (Wildman–Crippen LogP) is 2.54. The summed E-state index contributed by atoms with van der Waals surface area (Å²) in [6.45, 7) is 5.45. The van der Waals surface area contributed by atoms with Crippen molar-refractivity contribution in [1.82, 2.24) is 10.2 Å². The molecule has 2 heterocycles. The van der Waals surface area contributed by atoms with Gasteiger partial charge in [-0.15, -0.1) is 0 Å². The van der Waals surface area contributed by atoms with Crippen molar-refractivity contribution in [2.45, 2.75) is 19.4 Å². The van der Waals surface area contributed by atoms with Crippen molar-refractivity contribution in [1.29, 1.82) is 0 Å². The van der Waals surface area contributed by atoms with Gasteiger partial charge < -0.3 is 19.7 Å². The molecule has 1 atom stereocenters. The molecule has 21 heavy (non-hydrogen) atoms. The average molecular weight is 311 g/mol. The summed E-state index contributed by atoms with van der Waals surface area (Å²) < 4.78 is 11.1. The van der Waals surface area contributed by atoms with Crippen LogP contribution in [-0.4, -0.2) is 44.8 Å². The van der Waals surface area contributed by atoms with Gasteiger partial charge in [-0.05, 0) is 56.6 Å². The van der Waals surface area contributed by atoms with Crippen LogP contribution in [0.4, 0.5) is 0 Å². The third-order valence-electron chi connectivity index (χ3n) is 4.14. The van der Waals surface area contributed by atoms with Crippen molar-refractivity contribution in [3.8, 4) is 11.5 Å². The number of benzene rings is 1. The fourth-order valence-corrected chi connectivity index (χ4v) is 3.41. The smallest absolute Gasteiger partial charge is 0.179 e. The molecule has 0 saturated carbocycles. The highest BCUT2D eigenvalue weighted by molar-refractivity contribution is 6.32. The third kappa shape index (κ3) is 3.82. The minimum absolute atomic E-state index is 0.569. The lowest BCUT2D eigenvalue weighted by atomic mass is 9.98. The molecule has 0 bridgehead atoms. The number of ether oxygens (including phenoxy) is 2. The summed E-state index contributed by atoms with van der Waals surface area (Å²) >= 11 is 6.25. The Kier molecular flexibility index (Phi) is 4.88. The third-order valence-corrected chi connectivity index (χ3v) is 4.42. The van der Waals surface area contributed by atoms with Crippen molar-refractivity contribution >= 4 is 11.6 Å². The van der Waals surface area contributed by atoms with Gasteiger partial charge in [-0.3, -0.25) is 0 Å². The first-order valence-electron chi connectivity index (χ1n) is 7.69. The molecule has 1 unspecified atom stereocenters. The number of fused-ring (bicyclic) bond motifs is 1. The summed E-state index contributed by atoms with van der Waals surface area (Å²) in [4.78, 5) is 2.41. The van der Waals surface area contributed by atoms with E-state index in [1.54, 1.807) is 0 Å². The van der Waals surface area contributed by atoms with Gasteiger partial charge >= 0.3 is 0 Å². The number of rotatable bonds is 4. The molecule has 1 saturated heterocycles. The Morgan fingerprint density at radius 3 is 3.05 bits per heavy atom. The Hall–Kier alpha value is -0.970. The topological polar surface area (TPSA) is 33.7 Å². The summed E-state index contributed by atoms with van der Waals surface area (Å²) in [5.74, 6) is 2.19. The van der Waals surface area contributed by atoms with Gasteiger partial charge in [0.1, 0.15) is 13.2 Å². The first-order chi connectivity index (χ1) is 10.2. The highest BCUT2D eigenvalue weighted by Gasteiger charge is 2.18. The molecule has 3 rings (SSSR count). The Bertz CT molecular complexity index is 495. The van der Waals surface area contributed by atoms with Gasteiger partial charge in [-0.2, -0.15) is 0 Å². The van der Waals surface area contributed by atoms with Crippen LogP contribution in [0.3, 0.4) is 0 Å². The Morgan fingerprint density at radius 2 is 2.19 bits per heavy atom. The lowest BCUT2D eigenvalue weighted by Crippen LogP contribution is -2.37. The SMILES string of the molecule is CN1CCCC(CNCc2cc(Cl)c3c(c2)OCCO3)C1. The second-order valence-electron chi connectivity index (χ2n) is 6.00. The van der Waals surface area contributed by atoms with Crippen LogP contribution >= 0.6 is 11.6 Å². The summed E-state index contributed by atoms with van der Waals surface area (Å²) in [6, 6.07) is 4.00. The van der Waals surface area contributed by atoms with Crippen molar-refractivity contribution in [3.63, 3.8) is 0 Å². The number of hydrogen-bond acceptors (Lipinski definition) is 4. The molecular formula is C16H23ClN2O2. The largest absolute Gasteiger partial charge is 0.486 e. The molecule has 2 aliphatic rings. The van der Waals surface area contributed by atoms with Crippen molar-refractivity contribution in [3.05, 3.63) is 22.7 Å². The molecule has 0 radical (unpaired) electrons. The zero-order valence-electron chi connectivity index (χ0n) is 12.5. The standard InChI is InChI=1S/C16H23ClN2O2/c1-19-4-2-3-12(11-19)9-18-10-13-7-14(17)16-15(8-13)20-5-6-21-16/h7-8,12,18H,2-6,9-11H2,1H3. The van der Waals surface area contributed by atoms with E-state index in [2.05, 4.69) is 17.3 Å². The minimum Gasteiger partial charge on any atom is -0.486 e. The molecule has 1 aromatic carbocycles. The maximum Gasteiger partial charge on any atom is 0.179 e. The lowest BCUT2D eigenvalue weighted by Gasteiger charge is -2.29. The summed E-state index contributed by atoms with van der Waals surface area (Å²) in [5, 5.41) is 4.18. The predicted molar refractivity (Wildman–Crippen MR) is 84.4 cm³/mol. The first-order valence-corrected chi connectivity index (χ1v) is 8.07. The van der Waals surface area contributed by atoms with Crippen LogP contribution < -0.4 is 14.8 Å². The van der Waals surface area contributed by atoms with Crippen LogP contribution in [0.5, 0.6) is 11.5 Å². The second-order valence-corrected chi connectivity index (χ2v) is 6.41. The van der Waals surface area contributed by atoms with Gasteiger partial charge in [0.2, 0.25) is 0 Å². The fourth-order valence-electron chi connectivity index (χ4n) is 3.13. The van der Waals surface area contributed by atoms with Gasteiger partial charge in [0.05, 0.1) is 5.02 Å². The fraction of sp³-hybridized carbons (Fsp3) is 0.625. The second kappa shape index (κ2) is 6.86. The van der Waals surface area contributed by atoms with Gasteiger partial charge in [0.15, 0.2) is 11.5 Å². The molecule has 4 nitrogen and oxygen atoms in total. The van der Waals surface area contributed by atoms with Crippen LogP contribution in [0.25, 0.3) is 0 Å². The highest BCUT2D eigenvalue weighted by atomic mass is 35.5. The average Bonchev–Trinajstić information content (AvgIpc) is 2.47. The zero-order valence-corrected chi connectivity index (χ0v) is 13.3. The normalized spacial score (nSPS) is 22.3. The molecule has 2 aliphatic heterocycles. The molecule has 116 valence electrons. The molecule has 0 aliphatic carbocycles. The van der Waals surface area contributed by atoms with Crippen LogP contribution in [0.15, 0.2) is 12.1 Å². The quantitative estimate of drug-likeness (QED) is 0.926. The Balaban J connectivity index is 1.54. The molecule has 1 N–H and O–H groups in total. The Morgan fingerprint density at radius 1 is 1.33 bits per heavy atom. The van der Waals surface area contributed by atoms with E-state index in [4.69, 9.17) is 21.1 Å². The monoisotopic (exact) mass is 310 g/mol. The number of piperidine rings is 1. The summed E-state index contributed by atoms with van der Waals surface area (Å²) in [5.41, 5.74) is 1.15. The van der Waals surface area contributed by atoms with Gasteiger partial charge in [-0.1, -0.05) is 11.6 Å². The summed E-state index contributed by atoms with van der Waals surface area (Å²) in [7, 11) is 2.20.